The predicted octanol–water partition coefficient (Wildman–Crippen LogP) is 2.03. The molecule has 0 unspecified atom stereocenters. The van der Waals surface area contributed by atoms with Crippen LogP contribution < -0.4 is 0 Å². The van der Waals surface area contributed by atoms with Gasteiger partial charge in [0.1, 0.15) is 5.60 Å². The normalized spacial score (nSPS) is 24.9. The van der Waals surface area contributed by atoms with E-state index in [1.807, 2.05) is 20.8 Å². The third kappa shape index (κ3) is 4.29. The molecule has 1 aliphatic heterocycles. The first-order valence-electron chi connectivity index (χ1n) is 6.07. The zero-order chi connectivity index (χ0) is 14.1. The molecule has 0 aliphatic carbocycles. The Bertz CT molecular complexity index is 334. The van der Waals surface area contributed by atoms with Gasteiger partial charge in [-0.05, 0) is 20.8 Å². The standard InChI is InChI=1S/C13H22O5/c1-12(2,3)11-16-8(10(15)17-11)7-9(14)18-13(4,5)6/h8,11H,7H2,1-6H3/t8-,11-/m1/s1. The minimum atomic E-state index is -0.857. The molecule has 0 N–H and O–H groups in total. The van der Waals surface area contributed by atoms with Gasteiger partial charge in [-0.25, -0.2) is 4.79 Å². The maximum Gasteiger partial charge on any atom is 0.338 e. The Balaban J connectivity index is 2.55. The fourth-order valence-corrected chi connectivity index (χ4v) is 1.46. The van der Waals surface area contributed by atoms with Gasteiger partial charge < -0.3 is 14.2 Å². The number of rotatable bonds is 2. The van der Waals surface area contributed by atoms with Gasteiger partial charge in [0.15, 0.2) is 6.10 Å². The molecule has 5 heteroatoms. The first-order valence-corrected chi connectivity index (χ1v) is 6.07. The first-order chi connectivity index (χ1) is 7.99. The van der Waals surface area contributed by atoms with E-state index < -0.39 is 29.9 Å². The number of hydrogen-bond acceptors (Lipinski definition) is 5. The highest BCUT2D eigenvalue weighted by atomic mass is 16.8. The zero-order valence-electron chi connectivity index (χ0n) is 11.9. The molecule has 0 bridgehead atoms. The summed E-state index contributed by atoms with van der Waals surface area (Å²) < 4.78 is 15.7. The largest absolute Gasteiger partial charge is 0.460 e. The van der Waals surface area contributed by atoms with Crippen LogP contribution in [-0.4, -0.2) is 29.9 Å². The van der Waals surface area contributed by atoms with E-state index in [0.717, 1.165) is 0 Å². The van der Waals surface area contributed by atoms with Crippen molar-refractivity contribution in [3.63, 3.8) is 0 Å². The molecular weight excluding hydrogens is 236 g/mol. The van der Waals surface area contributed by atoms with Crippen molar-refractivity contribution < 1.29 is 23.8 Å². The lowest BCUT2D eigenvalue weighted by atomic mass is 9.96. The van der Waals surface area contributed by atoms with Crippen LogP contribution in [0.25, 0.3) is 0 Å². The summed E-state index contributed by atoms with van der Waals surface area (Å²) in [6.45, 7) is 11.0. The van der Waals surface area contributed by atoms with Gasteiger partial charge in [0.25, 0.3) is 0 Å². The highest BCUT2D eigenvalue weighted by molar-refractivity contribution is 5.83. The van der Waals surface area contributed by atoms with Crippen LogP contribution in [0.15, 0.2) is 0 Å². The van der Waals surface area contributed by atoms with E-state index >= 15 is 0 Å². The summed E-state index contributed by atoms with van der Waals surface area (Å²) in [5, 5.41) is 0. The van der Waals surface area contributed by atoms with Gasteiger partial charge in [0.2, 0.25) is 6.29 Å². The van der Waals surface area contributed by atoms with E-state index in [4.69, 9.17) is 14.2 Å². The highest BCUT2D eigenvalue weighted by Gasteiger charge is 2.43. The van der Waals surface area contributed by atoms with Crippen molar-refractivity contribution in [3.8, 4) is 0 Å². The second kappa shape index (κ2) is 4.88. The lowest BCUT2D eigenvalue weighted by Crippen LogP contribution is -2.30. The molecule has 1 aliphatic rings. The van der Waals surface area contributed by atoms with E-state index in [2.05, 4.69) is 0 Å². The number of ether oxygens (including phenoxy) is 3. The summed E-state index contributed by atoms with van der Waals surface area (Å²) in [7, 11) is 0. The molecule has 5 nitrogen and oxygen atoms in total. The molecule has 0 saturated carbocycles. The van der Waals surface area contributed by atoms with Gasteiger partial charge in [-0.3, -0.25) is 4.79 Å². The lowest BCUT2D eigenvalue weighted by Gasteiger charge is -2.24. The van der Waals surface area contributed by atoms with Gasteiger partial charge in [-0.2, -0.15) is 0 Å². The molecule has 1 rings (SSSR count). The van der Waals surface area contributed by atoms with Crippen LogP contribution in [-0.2, 0) is 23.8 Å². The lowest BCUT2D eigenvalue weighted by molar-refractivity contribution is -0.160. The Hall–Kier alpha value is -1.10. The fraction of sp³-hybridized carbons (Fsp3) is 0.846. The molecule has 0 aromatic carbocycles. The van der Waals surface area contributed by atoms with Crippen LogP contribution in [0.5, 0.6) is 0 Å². The topological polar surface area (TPSA) is 61.8 Å². The van der Waals surface area contributed by atoms with Crippen LogP contribution in [0.4, 0.5) is 0 Å². The predicted molar refractivity (Wildman–Crippen MR) is 64.7 cm³/mol. The number of carbonyl (C=O) groups is 2. The van der Waals surface area contributed by atoms with E-state index in [9.17, 15) is 9.59 Å². The molecule has 0 aromatic heterocycles. The van der Waals surface area contributed by atoms with E-state index in [1.165, 1.54) is 0 Å². The minimum absolute atomic E-state index is 0.108. The molecule has 1 fully saturated rings. The Kier molecular flexibility index (Phi) is 4.05. The van der Waals surface area contributed by atoms with E-state index in [-0.39, 0.29) is 11.8 Å². The molecule has 0 aromatic rings. The second-order valence-corrected chi connectivity index (χ2v) is 6.55. The molecule has 18 heavy (non-hydrogen) atoms. The van der Waals surface area contributed by atoms with Gasteiger partial charge in [-0.1, -0.05) is 20.8 Å². The van der Waals surface area contributed by atoms with E-state index in [1.54, 1.807) is 20.8 Å². The minimum Gasteiger partial charge on any atom is -0.460 e. The van der Waals surface area contributed by atoms with Crippen LogP contribution in [0.3, 0.4) is 0 Å². The zero-order valence-corrected chi connectivity index (χ0v) is 11.9. The SMILES string of the molecule is CC(C)(C)OC(=O)C[C@H]1O[C@@H](C(C)(C)C)OC1=O. The van der Waals surface area contributed by atoms with Gasteiger partial charge >= 0.3 is 11.9 Å². The maximum atomic E-state index is 11.6. The number of carbonyl (C=O) groups excluding carboxylic acids is 2. The third-order valence-electron chi connectivity index (χ3n) is 2.25. The summed E-state index contributed by atoms with van der Waals surface area (Å²) in [5.74, 6) is -0.959. The van der Waals surface area contributed by atoms with Crippen molar-refractivity contribution in [1.29, 1.82) is 0 Å². The van der Waals surface area contributed by atoms with Crippen LogP contribution in [0.1, 0.15) is 48.0 Å². The van der Waals surface area contributed by atoms with Gasteiger partial charge in [0.05, 0.1) is 6.42 Å². The average Bonchev–Trinajstić information content (AvgIpc) is 2.43. The smallest absolute Gasteiger partial charge is 0.338 e. The van der Waals surface area contributed by atoms with Crippen molar-refractivity contribution in [1.82, 2.24) is 0 Å². The van der Waals surface area contributed by atoms with Gasteiger partial charge in [-0.15, -0.1) is 0 Å². The van der Waals surface area contributed by atoms with Crippen molar-refractivity contribution in [2.45, 2.75) is 66.0 Å². The molecule has 2 atom stereocenters. The van der Waals surface area contributed by atoms with E-state index in [0.29, 0.717) is 0 Å². The number of hydrogen-bond donors (Lipinski definition) is 0. The molecule has 104 valence electrons. The quantitative estimate of drug-likeness (QED) is 0.709. The van der Waals surface area contributed by atoms with Crippen LogP contribution >= 0.6 is 0 Å². The third-order valence-corrected chi connectivity index (χ3v) is 2.25. The van der Waals surface area contributed by atoms with Crippen molar-refractivity contribution in [2.24, 2.45) is 5.41 Å². The maximum absolute atomic E-state index is 11.6. The summed E-state index contributed by atoms with van der Waals surface area (Å²) >= 11 is 0. The summed E-state index contributed by atoms with van der Waals surface area (Å²) in [5.41, 5.74) is -0.874. The molecule has 0 amide bonds. The summed E-state index contributed by atoms with van der Waals surface area (Å²) in [6.07, 6.45) is -1.58. The number of cyclic esters (lactones) is 1. The molecule has 0 radical (unpaired) electrons. The van der Waals surface area contributed by atoms with Crippen molar-refractivity contribution in [3.05, 3.63) is 0 Å². The van der Waals surface area contributed by atoms with Crippen molar-refractivity contribution >= 4 is 11.9 Å². The van der Waals surface area contributed by atoms with Crippen LogP contribution in [0, 0.1) is 5.41 Å². The highest BCUT2D eigenvalue weighted by Crippen LogP contribution is 2.30. The van der Waals surface area contributed by atoms with Crippen LogP contribution in [0.2, 0.25) is 0 Å². The first kappa shape index (κ1) is 15.0. The average molecular weight is 258 g/mol. The van der Waals surface area contributed by atoms with Gasteiger partial charge in [0, 0.05) is 5.41 Å². The van der Waals surface area contributed by atoms with Crippen molar-refractivity contribution in [2.75, 3.05) is 0 Å². The fourth-order valence-electron chi connectivity index (χ4n) is 1.46. The summed E-state index contributed by atoms with van der Waals surface area (Å²) in [6, 6.07) is 0. The Morgan fingerprint density at radius 3 is 2.17 bits per heavy atom. The molecule has 1 saturated heterocycles. The Morgan fingerprint density at radius 2 is 1.78 bits per heavy atom. The summed E-state index contributed by atoms with van der Waals surface area (Å²) in [4.78, 5) is 23.2. The monoisotopic (exact) mass is 258 g/mol. The number of esters is 2. The molecule has 1 heterocycles. The Morgan fingerprint density at radius 1 is 1.22 bits per heavy atom. The molecule has 0 spiro atoms. The molecular formula is C13H22O5. The Labute approximate surface area is 108 Å². The second-order valence-electron chi connectivity index (χ2n) is 6.55.